The van der Waals surface area contributed by atoms with E-state index in [2.05, 4.69) is 32.1 Å². The van der Waals surface area contributed by atoms with Crippen molar-refractivity contribution >= 4 is 26.2 Å². The monoisotopic (exact) mass is 386 g/mol. The Labute approximate surface area is 156 Å². The molecule has 0 saturated heterocycles. The summed E-state index contributed by atoms with van der Waals surface area (Å²) in [6.07, 6.45) is 3.01. The van der Waals surface area contributed by atoms with E-state index in [4.69, 9.17) is 13.9 Å². The highest BCUT2D eigenvalue weighted by atomic mass is 28.4. The fraction of sp³-hybridized carbons (Fsp3) is 0.611. The van der Waals surface area contributed by atoms with Gasteiger partial charge in [0, 0.05) is 6.08 Å². The number of hydrogen-bond donors (Lipinski definition) is 0. The van der Waals surface area contributed by atoms with Gasteiger partial charge in [-0.2, -0.15) is 0 Å². The van der Waals surface area contributed by atoms with Crippen molar-refractivity contribution in [2.24, 2.45) is 0 Å². The molecule has 0 saturated carbocycles. The lowest BCUT2D eigenvalue weighted by molar-refractivity contribution is -0.155. The standard InChI is InChI=1S/C18H30O7Si/c1-8-11-23-16(20)12-17(21)24-13-14(9-10-15(19)22-5)25-26(6,7)18(2,3)4/h8-10,14H,1,11-13H2,2-7H3/b10-9+. The van der Waals surface area contributed by atoms with Gasteiger partial charge in [-0.1, -0.05) is 33.4 Å². The second-order valence-electron chi connectivity index (χ2n) is 7.13. The smallest absolute Gasteiger partial charge is 0.330 e. The maximum Gasteiger partial charge on any atom is 0.330 e. The summed E-state index contributed by atoms with van der Waals surface area (Å²) < 4.78 is 20.6. The molecule has 8 heteroatoms. The summed E-state index contributed by atoms with van der Waals surface area (Å²) in [6.45, 7) is 13.6. The maximum absolute atomic E-state index is 11.8. The molecule has 0 aromatic heterocycles. The molecule has 26 heavy (non-hydrogen) atoms. The SMILES string of the molecule is C=CCOC(=O)CC(=O)OCC(/C=C/C(=O)OC)O[Si](C)(C)C(C)(C)C. The Morgan fingerprint density at radius 3 is 2.19 bits per heavy atom. The lowest BCUT2D eigenvalue weighted by Crippen LogP contribution is -2.44. The topological polar surface area (TPSA) is 88.1 Å². The van der Waals surface area contributed by atoms with Gasteiger partial charge in [-0.15, -0.1) is 0 Å². The molecule has 0 heterocycles. The van der Waals surface area contributed by atoms with Crippen LogP contribution in [-0.2, 0) is 33.0 Å². The molecular formula is C18H30O7Si. The molecule has 0 aliphatic carbocycles. The molecule has 0 rings (SSSR count). The van der Waals surface area contributed by atoms with E-state index in [1.165, 1.54) is 25.3 Å². The molecule has 0 radical (unpaired) electrons. The third kappa shape index (κ3) is 9.52. The van der Waals surface area contributed by atoms with E-state index in [1.807, 2.05) is 13.1 Å². The number of ether oxygens (including phenoxy) is 3. The first-order valence-corrected chi connectivity index (χ1v) is 11.2. The molecule has 0 bridgehead atoms. The first kappa shape index (κ1) is 24.1. The molecule has 0 N–H and O–H groups in total. The van der Waals surface area contributed by atoms with Crippen molar-refractivity contribution < 1.29 is 33.0 Å². The van der Waals surface area contributed by atoms with Gasteiger partial charge in [0.1, 0.15) is 19.6 Å². The van der Waals surface area contributed by atoms with Crippen LogP contribution in [0, 0.1) is 0 Å². The van der Waals surface area contributed by atoms with Crippen LogP contribution < -0.4 is 0 Å². The van der Waals surface area contributed by atoms with Gasteiger partial charge in [-0.25, -0.2) is 4.79 Å². The summed E-state index contributed by atoms with van der Waals surface area (Å²) in [5.41, 5.74) is 0. The van der Waals surface area contributed by atoms with Gasteiger partial charge < -0.3 is 18.6 Å². The third-order valence-corrected chi connectivity index (χ3v) is 8.46. The number of esters is 3. The number of hydrogen-bond acceptors (Lipinski definition) is 7. The second-order valence-corrected chi connectivity index (χ2v) is 11.9. The predicted molar refractivity (Wildman–Crippen MR) is 100.0 cm³/mol. The highest BCUT2D eigenvalue weighted by molar-refractivity contribution is 6.74. The zero-order valence-corrected chi connectivity index (χ0v) is 17.5. The van der Waals surface area contributed by atoms with Crippen LogP contribution in [0.4, 0.5) is 0 Å². The summed E-state index contributed by atoms with van der Waals surface area (Å²) in [5.74, 6) is -1.95. The normalized spacial score (nSPS) is 13.2. The molecule has 1 unspecified atom stereocenters. The summed E-state index contributed by atoms with van der Waals surface area (Å²) >= 11 is 0. The molecule has 1 atom stereocenters. The van der Waals surface area contributed by atoms with Gasteiger partial charge >= 0.3 is 17.9 Å². The van der Waals surface area contributed by atoms with Gasteiger partial charge in [0.15, 0.2) is 8.32 Å². The van der Waals surface area contributed by atoms with Crippen molar-refractivity contribution in [3.05, 3.63) is 24.8 Å². The van der Waals surface area contributed by atoms with Crippen LogP contribution in [0.5, 0.6) is 0 Å². The Kier molecular flexibility index (Phi) is 10.1. The van der Waals surface area contributed by atoms with E-state index in [1.54, 1.807) is 0 Å². The molecule has 0 aromatic carbocycles. The molecule has 0 amide bonds. The highest BCUT2D eigenvalue weighted by Crippen LogP contribution is 2.37. The first-order chi connectivity index (χ1) is 11.9. The third-order valence-electron chi connectivity index (χ3n) is 3.96. The Morgan fingerprint density at radius 2 is 1.69 bits per heavy atom. The number of carbonyl (C=O) groups excluding carboxylic acids is 3. The molecule has 0 aromatic rings. The van der Waals surface area contributed by atoms with Crippen LogP contribution in [0.15, 0.2) is 24.8 Å². The molecular weight excluding hydrogens is 356 g/mol. The summed E-state index contributed by atoms with van der Waals surface area (Å²) in [6, 6.07) is 0. The lowest BCUT2D eigenvalue weighted by Gasteiger charge is -2.38. The largest absolute Gasteiger partial charge is 0.466 e. The minimum absolute atomic E-state index is 0.0328. The van der Waals surface area contributed by atoms with Gasteiger partial charge in [-0.05, 0) is 24.2 Å². The van der Waals surface area contributed by atoms with E-state index >= 15 is 0 Å². The quantitative estimate of drug-likeness (QED) is 0.142. The molecule has 0 aliphatic rings. The van der Waals surface area contributed by atoms with Crippen LogP contribution in [0.1, 0.15) is 27.2 Å². The van der Waals surface area contributed by atoms with Crippen molar-refractivity contribution in [1.82, 2.24) is 0 Å². The van der Waals surface area contributed by atoms with Gasteiger partial charge in [-0.3, -0.25) is 9.59 Å². The molecule has 7 nitrogen and oxygen atoms in total. The average molecular weight is 387 g/mol. The molecule has 0 fully saturated rings. The van der Waals surface area contributed by atoms with Gasteiger partial charge in [0.2, 0.25) is 0 Å². The fourth-order valence-corrected chi connectivity index (χ4v) is 2.74. The molecule has 0 aliphatic heterocycles. The van der Waals surface area contributed by atoms with Crippen molar-refractivity contribution in [1.29, 1.82) is 0 Å². The van der Waals surface area contributed by atoms with Crippen LogP contribution in [0.3, 0.4) is 0 Å². The average Bonchev–Trinajstić information content (AvgIpc) is 2.53. The number of carbonyl (C=O) groups is 3. The zero-order chi connectivity index (χ0) is 20.4. The Balaban J connectivity index is 4.89. The highest BCUT2D eigenvalue weighted by Gasteiger charge is 2.39. The van der Waals surface area contributed by atoms with Gasteiger partial charge in [0.05, 0.1) is 13.2 Å². The number of methoxy groups -OCH3 is 1. The van der Waals surface area contributed by atoms with E-state index in [9.17, 15) is 14.4 Å². The second kappa shape index (κ2) is 10.9. The van der Waals surface area contributed by atoms with Crippen LogP contribution >= 0.6 is 0 Å². The summed E-state index contributed by atoms with van der Waals surface area (Å²) in [7, 11) is -0.900. The first-order valence-electron chi connectivity index (χ1n) is 8.29. The zero-order valence-electron chi connectivity index (χ0n) is 16.5. The summed E-state index contributed by atoms with van der Waals surface area (Å²) in [4.78, 5) is 34.5. The Hall–Kier alpha value is -1.93. The van der Waals surface area contributed by atoms with Crippen molar-refractivity contribution in [2.45, 2.75) is 51.4 Å². The minimum atomic E-state index is -2.17. The van der Waals surface area contributed by atoms with Crippen LogP contribution in [-0.4, -0.2) is 52.7 Å². The number of rotatable bonds is 10. The Bertz CT molecular complexity index is 532. The van der Waals surface area contributed by atoms with Crippen molar-refractivity contribution in [3.8, 4) is 0 Å². The van der Waals surface area contributed by atoms with E-state index < -0.39 is 38.8 Å². The van der Waals surface area contributed by atoms with Crippen LogP contribution in [0.2, 0.25) is 18.1 Å². The lowest BCUT2D eigenvalue weighted by atomic mass is 10.2. The van der Waals surface area contributed by atoms with E-state index in [0.29, 0.717) is 0 Å². The van der Waals surface area contributed by atoms with Crippen LogP contribution in [0.25, 0.3) is 0 Å². The predicted octanol–water partition coefficient (Wildman–Crippen LogP) is 2.77. The van der Waals surface area contributed by atoms with Gasteiger partial charge in [0.25, 0.3) is 0 Å². The molecule has 148 valence electrons. The van der Waals surface area contributed by atoms with E-state index in [-0.39, 0.29) is 18.3 Å². The summed E-state index contributed by atoms with van der Waals surface area (Å²) in [5, 5.41) is -0.0666. The van der Waals surface area contributed by atoms with E-state index in [0.717, 1.165) is 0 Å². The van der Waals surface area contributed by atoms with Crippen molar-refractivity contribution in [3.63, 3.8) is 0 Å². The Morgan fingerprint density at radius 1 is 1.12 bits per heavy atom. The van der Waals surface area contributed by atoms with Crippen molar-refractivity contribution in [2.75, 3.05) is 20.3 Å². The molecule has 0 spiro atoms. The maximum atomic E-state index is 11.8. The fourth-order valence-electron chi connectivity index (χ4n) is 1.48. The minimum Gasteiger partial charge on any atom is -0.466 e.